The highest BCUT2D eigenvalue weighted by Gasteiger charge is 2.30. The number of hydrogen-bond acceptors (Lipinski definition) is 6. The fourth-order valence-electron chi connectivity index (χ4n) is 3.54. The Kier molecular flexibility index (Phi) is 7.70. The minimum Gasteiger partial charge on any atom is -0.439 e. The Balaban J connectivity index is 1.43. The van der Waals surface area contributed by atoms with Gasteiger partial charge < -0.3 is 19.9 Å². The van der Waals surface area contributed by atoms with Crippen molar-refractivity contribution in [1.29, 1.82) is 0 Å². The number of aromatic nitrogens is 4. The van der Waals surface area contributed by atoms with E-state index in [1.54, 1.807) is 59.6 Å². The number of anilines is 1. The number of rotatable bonds is 8. The predicted molar refractivity (Wildman–Crippen MR) is 132 cm³/mol. The van der Waals surface area contributed by atoms with Crippen molar-refractivity contribution in [1.82, 2.24) is 24.8 Å². The lowest BCUT2D eigenvalue weighted by Crippen LogP contribution is -2.44. The van der Waals surface area contributed by atoms with Gasteiger partial charge in [-0.05, 0) is 42.5 Å². The van der Waals surface area contributed by atoms with Gasteiger partial charge in [-0.3, -0.25) is 9.59 Å². The average molecular weight is 525 g/mol. The highest BCUT2D eigenvalue weighted by molar-refractivity contribution is 5.96. The molecule has 0 saturated carbocycles. The Morgan fingerprint density at radius 2 is 1.82 bits per heavy atom. The number of hydrogen-bond donors (Lipinski definition) is 2. The molecule has 0 saturated heterocycles. The third-order valence-electron chi connectivity index (χ3n) is 5.30. The molecule has 0 aliphatic heterocycles. The van der Waals surface area contributed by atoms with Crippen molar-refractivity contribution in [3.8, 4) is 22.9 Å². The first kappa shape index (κ1) is 26.3. The summed E-state index contributed by atoms with van der Waals surface area (Å²) in [6.45, 7) is 1.33. The molecule has 2 N–H and O–H groups in total. The first-order chi connectivity index (χ1) is 18.1. The van der Waals surface area contributed by atoms with Crippen LogP contribution in [0.15, 0.2) is 73.3 Å². The van der Waals surface area contributed by atoms with E-state index in [1.807, 2.05) is 7.05 Å². The lowest BCUT2D eigenvalue weighted by Gasteiger charge is -2.16. The number of amides is 2. The Morgan fingerprint density at radius 1 is 1.05 bits per heavy atom. The molecule has 0 radical (unpaired) electrons. The van der Waals surface area contributed by atoms with E-state index in [0.717, 1.165) is 12.1 Å². The number of alkyl halides is 3. The molecule has 0 bridgehead atoms. The summed E-state index contributed by atoms with van der Waals surface area (Å²) in [5.41, 5.74) is 1.05. The van der Waals surface area contributed by atoms with Gasteiger partial charge in [-0.2, -0.15) is 13.2 Å². The van der Waals surface area contributed by atoms with Crippen LogP contribution in [0.3, 0.4) is 0 Å². The summed E-state index contributed by atoms with van der Waals surface area (Å²) in [5.74, 6) is -0.107. The van der Waals surface area contributed by atoms with E-state index in [-0.39, 0.29) is 24.0 Å². The zero-order chi connectivity index (χ0) is 27.3. The molecule has 3 heterocycles. The van der Waals surface area contributed by atoms with Crippen molar-refractivity contribution in [2.75, 3.05) is 5.32 Å². The Labute approximate surface area is 215 Å². The van der Waals surface area contributed by atoms with Crippen LogP contribution in [0.4, 0.5) is 19.0 Å². The summed E-state index contributed by atoms with van der Waals surface area (Å²) < 4.78 is 45.4. The standard InChI is InChI=1S/C26H23F3N6O3/c1-16(36)32-22(12-19-14-35(2)15-31-19)25(37)34-23-5-3-4-21(33-23)17-6-9-20(10-7-17)38-24-11-8-18(13-30-24)26(27,28)29/h3-11,13-15,22H,12H2,1-2H3,(H,32,36)(H,33,34,37)/t22-/m1/s1. The van der Waals surface area contributed by atoms with Gasteiger partial charge in [0.25, 0.3) is 0 Å². The number of nitrogens with zero attached hydrogens (tertiary/aromatic N) is 4. The van der Waals surface area contributed by atoms with Crippen molar-refractivity contribution >= 4 is 17.6 Å². The number of pyridine rings is 2. The molecular weight excluding hydrogens is 501 g/mol. The topological polar surface area (TPSA) is 111 Å². The second kappa shape index (κ2) is 11.1. The van der Waals surface area contributed by atoms with Crippen LogP contribution < -0.4 is 15.4 Å². The lowest BCUT2D eigenvalue weighted by molar-refractivity contribution is -0.137. The van der Waals surface area contributed by atoms with Gasteiger partial charge in [0.15, 0.2) is 0 Å². The molecule has 38 heavy (non-hydrogen) atoms. The third kappa shape index (κ3) is 6.93. The number of benzene rings is 1. The second-order valence-electron chi connectivity index (χ2n) is 8.39. The van der Waals surface area contributed by atoms with E-state index in [4.69, 9.17) is 4.74 Å². The van der Waals surface area contributed by atoms with Crippen LogP contribution in [0.2, 0.25) is 0 Å². The molecule has 0 spiro atoms. The molecule has 2 amide bonds. The Hall–Kier alpha value is -4.74. The maximum atomic E-state index is 12.9. The van der Waals surface area contributed by atoms with Crippen molar-refractivity contribution in [3.63, 3.8) is 0 Å². The molecule has 4 aromatic rings. The van der Waals surface area contributed by atoms with Gasteiger partial charge in [-0.15, -0.1) is 0 Å². The van der Waals surface area contributed by atoms with E-state index in [2.05, 4.69) is 25.6 Å². The van der Waals surface area contributed by atoms with Gasteiger partial charge >= 0.3 is 6.18 Å². The fraction of sp³-hybridized carbons (Fsp3) is 0.192. The van der Waals surface area contributed by atoms with Gasteiger partial charge in [-0.1, -0.05) is 6.07 Å². The van der Waals surface area contributed by atoms with Gasteiger partial charge in [-0.25, -0.2) is 15.0 Å². The first-order valence-electron chi connectivity index (χ1n) is 11.4. The van der Waals surface area contributed by atoms with E-state index >= 15 is 0 Å². The third-order valence-corrected chi connectivity index (χ3v) is 5.30. The van der Waals surface area contributed by atoms with Crippen LogP contribution in [0.5, 0.6) is 11.6 Å². The number of imidazole rings is 1. The molecule has 0 unspecified atom stereocenters. The van der Waals surface area contributed by atoms with Crippen LogP contribution >= 0.6 is 0 Å². The molecule has 1 atom stereocenters. The first-order valence-corrected chi connectivity index (χ1v) is 11.4. The zero-order valence-corrected chi connectivity index (χ0v) is 20.4. The van der Waals surface area contributed by atoms with Crippen LogP contribution in [0.1, 0.15) is 18.2 Å². The SMILES string of the molecule is CC(=O)N[C@H](Cc1cn(C)cn1)C(=O)Nc1cccc(-c2ccc(Oc3ccc(C(F)(F)F)cn3)cc2)n1. The quantitative estimate of drug-likeness (QED) is 0.354. The number of carbonyl (C=O) groups excluding carboxylic acids is 2. The minimum atomic E-state index is -4.47. The van der Waals surface area contributed by atoms with E-state index < -0.39 is 23.7 Å². The number of nitrogens with one attached hydrogen (secondary N) is 2. The smallest absolute Gasteiger partial charge is 0.417 e. The minimum absolute atomic E-state index is 0.0213. The molecule has 196 valence electrons. The highest BCUT2D eigenvalue weighted by atomic mass is 19.4. The molecule has 4 rings (SSSR count). The zero-order valence-electron chi connectivity index (χ0n) is 20.4. The molecular formula is C26H23F3N6O3. The Bertz CT molecular complexity index is 1420. The van der Waals surface area contributed by atoms with E-state index in [1.165, 1.54) is 6.92 Å². The summed E-state index contributed by atoms with van der Waals surface area (Å²) >= 11 is 0. The maximum Gasteiger partial charge on any atom is 0.417 e. The summed E-state index contributed by atoms with van der Waals surface area (Å²) in [6.07, 6.45) is -0.180. The van der Waals surface area contributed by atoms with Gasteiger partial charge in [0.1, 0.15) is 17.6 Å². The lowest BCUT2D eigenvalue weighted by atomic mass is 10.1. The summed E-state index contributed by atoms with van der Waals surface area (Å²) in [5, 5.41) is 5.37. The van der Waals surface area contributed by atoms with Crippen LogP contribution in [-0.2, 0) is 29.2 Å². The van der Waals surface area contributed by atoms with Gasteiger partial charge in [0, 0.05) is 44.4 Å². The molecule has 0 aliphatic carbocycles. The number of ether oxygens (including phenoxy) is 1. The van der Waals surface area contributed by atoms with Crippen molar-refractivity contribution < 1.29 is 27.5 Å². The number of aryl methyl sites for hydroxylation is 1. The largest absolute Gasteiger partial charge is 0.439 e. The summed E-state index contributed by atoms with van der Waals surface area (Å²) in [6, 6.07) is 13.0. The summed E-state index contributed by atoms with van der Waals surface area (Å²) in [7, 11) is 1.81. The van der Waals surface area contributed by atoms with E-state index in [9.17, 15) is 22.8 Å². The fourth-order valence-corrected chi connectivity index (χ4v) is 3.54. The number of halogens is 3. The molecule has 0 fully saturated rings. The van der Waals surface area contributed by atoms with Crippen molar-refractivity contribution in [3.05, 3.63) is 84.6 Å². The maximum absolute atomic E-state index is 12.9. The van der Waals surface area contributed by atoms with Gasteiger partial charge in [0.2, 0.25) is 17.7 Å². The predicted octanol–water partition coefficient (Wildman–Crippen LogP) is 4.37. The normalized spacial score (nSPS) is 12.0. The average Bonchev–Trinajstić information content (AvgIpc) is 3.28. The highest BCUT2D eigenvalue weighted by Crippen LogP contribution is 2.30. The van der Waals surface area contributed by atoms with Crippen LogP contribution in [0, 0.1) is 0 Å². The van der Waals surface area contributed by atoms with Crippen molar-refractivity contribution in [2.24, 2.45) is 7.05 Å². The van der Waals surface area contributed by atoms with Crippen molar-refractivity contribution in [2.45, 2.75) is 25.6 Å². The second-order valence-corrected chi connectivity index (χ2v) is 8.39. The van der Waals surface area contributed by atoms with Crippen LogP contribution in [-0.4, -0.2) is 37.4 Å². The summed E-state index contributed by atoms with van der Waals surface area (Å²) in [4.78, 5) is 36.9. The molecule has 0 aliphatic rings. The monoisotopic (exact) mass is 524 g/mol. The Morgan fingerprint density at radius 3 is 2.42 bits per heavy atom. The molecule has 9 nitrogen and oxygen atoms in total. The van der Waals surface area contributed by atoms with Gasteiger partial charge in [0.05, 0.1) is 23.3 Å². The molecule has 3 aromatic heterocycles. The number of carbonyl (C=O) groups is 2. The molecule has 12 heteroatoms. The van der Waals surface area contributed by atoms with Crippen LogP contribution in [0.25, 0.3) is 11.3 Å². The van der Waals surface area contributed by atoms with E-state index in [0.29, 0.717) is 28.9 Å². The molecule has 1 aromatic carbocycles.